The topological polar surface area (TPSA) is 120 Å². The zero-order chi connectivity index (χ0) is 21.3. The molecular weight excluding hydrogens is 368 g/mol. The summed E-state index contributed by atoms with van der Waals surface area (Å²) in [5.74, 6) is -1.12. The number of Topliss-reactive ketones (excluding diaryl/α,β-unsaturated/α-hetero) is 1. The van der Waals surface area contributed by atoms with E-state index in [-0.39, 0.29) is 42.7 Å². The molecule has 1 aromatic rings. The average Bonchev–Trinajstić information content (AvgIpc) is 2.56. The van der Waals surface area contributed by atoms with E-state index >= 15 is 0 Å². The molecule has 28 heavy (non-hydrogen) atoms. The summed E-state index contributed by atoms with van der Waals surface area (Å²) >= 11 is 0. The third kappa shape index (κ3) is 8.52. The maximum Gasteiger partial charge on any atom is 0.408 e. The van der Waals surface area contributed by atoms with Crippen molar-refractivity contribution in [3.8, 4) is 5.75 Å². The first-order chi connectivity index (χ1) is 13.0. The number of hydrogen-bond donors (Lipinski definition) is 2. The van der Waals surface area contributed by atoms with Crippen LogP contribution >= 0.6 is 0 Å². The van der Waals surface area contributed by atoms with Gasteiger partial charge in [0.2, 0.25) is 5.91 Å². The van der Waals surface area contributed by atoms with Crippen LogP contribution in [0.3, 0.4) is 0 Å². The van der Waals surface area contributed by atoms with E-state index in [1.165, 1.54) is 25.1 Å². The molecule has 154 valence electrons. The number of rotatable bonds is 8. The van der Waals surface area contributed by atoms with Crippen molar-refractivity contribution in [2.45, 2.75) is 40.2 Å². The van der Waals surface area contributed by atoms with E-state index in [9.17, 15) is 19.2 Å². The molecule has 0 unspecified atom stereocenters. The summed E-state index contributed by atoms with van der Waals surface area (Å²) in [5.41, 5.74) is -0.216. The number of carbonyl (C=O) groups excluding carboxylic acids is 4. The maximum absolute atomic E-state index is 12.3. The lowest BCUT2D eigenvalue weighted by Crippen LogP contribution is -2.35. The first kappa shape index (κ1) is 22.9. The fourth-order valence-corrected chi connectivity index (χ4v) is 2.02. The van der Waals surface area contributed by atoms with Crippen molar-refractivity contribution >= 4 is 29.4 Å². The van der Waals surface area contributed by atoms with E-state index in [1.807, 2.05) is 0 Å². The number of nitrogens with one attached hydrogen (secondary N) is 2. The van der Waals surface area contributed by atoms with Crippen molar-refractivity contribution < 1.29 is 33.4 Å². The van der Waals surface area contributed by atoms with Crippen molar-refractivity contribution in [1.29, 1.82) is 0 Å². The van der Waals surface area contributed by atoms with Gasteiger partial charge in [0, 0.05) is 12.5 Å². The Morgan fingerprint density at radius 2 is 1.79 bits per heavy atom. The van der Waals surface area contributed by atoms with Crippen LogP contribution in [-0.2, 0) is 19.1 Å². The Labute approximate surface area is 163 Å². The maximum atomic E-state index is 12.3. The highest BCUT2D eigenvalue weighted by molar-refractivity contribution is 6.01. The SMILES string of the molecule is CCOC(=O)COc1ccc(C(=O)CNC(=O)OC(C)(C)C)cc1NC(C)=O. The quantitative estimate of drug-likeness (QED) is 0.513. The van der Waals surface area contributed by atoms with Gasteiger partial charge in [-0.3, -0.25) is 9.59 Å². The van der Waals surface area contributed by atoms with Crippen LogP contribution in [-0.4, -0.2) is 49.1 Å². The van der Waals surface area contributed by atoms with Crippen LogP contribution in [0, 0.1) is 0 Å². The predicted molar refractivity (Wildman–Crippen MR) is 101 cm³/mol. The van der Waals surface area contributed by atoms with Crippen molar-refractivity contribution in [2.24, 2.45) is 0 Å². The molecule has 2 N–H and O–H groups in total. The van der Waals surface area contributed by atoms with Crippen LogP contribution in [0.15, 0.2) is 18.2 Å². The van der Waals surface area contributed by atoms with E-state index in [0.29, 0.717) is 0 Å². The zero-order valence-corrected chi connectivity index (χ0v) is 16.7. The lowest BCUT2D eigenvalue weighted by Gasteiger charge is -2.19. The van der Waals surface area contributed by atoms with Crippen molar-refractivity contribution in [3.63, 3.8) is 0 Å². The van der Waals surface area contributed by atoms with Gasteiger partial charge in [-0.2, -0.15) is 0 Å². The molecule has 0 saturated carbocycles. The Morgan fingerprint density at radius 3 is 2.36 bits per heavy atom. The number of anilines is 1. The molecule has 0 saturated heterocycles. The van der Waals surface area contributed by atoms with E-state index in [0.717, 1.165) is 0 Å². The number of ether oxygens (including phenoxy) is 3. The largest absolute Gasteiger partial charge is 0.480 e. The van der Waals surface area contributed by atoms with E-state index in [1.54, 1.807) is 27.7 Å². The number of carbonyl (C=O) groups is 4. The van der Waals surface area contributed by atoms with Gasteiger partial charge < -0.3 is 24.8 Å². The van der Waals surface area contributed by atoms with E-state index in [2.05, 4.69) is 10.6 Å². The van der Waals surface area contributed by atoms with Crippen LogP contribution in [0.25, 0.3) is 0 Å². The number of ketones is 1. The van der Waals surface area contributed by atoms with Gasteiger partial charge in [-0.05, 0) is 45.9 Å². The Morgan fingerprint density at radius 1 is 1.11 bits per heavy atom. The first-order valence-electron chi connectivity index (χ1n) is 8.72. The average molecular weight is 394 g/mol. The molecule has 0 spiro atoms. The lowest BCUT2D eigenvalue weighted by atomic mass is 10.1. The van der Waals surface area contributed by atoms with Crippen molar-refractivity contribution in [1.82, 2.24) is 5.32 Å². The van der Waals surface area contributed by atoms with Crippen LogP contribution in [0.2, 0.25) is 0 Å². The number of alkyl carbamates (subject to hydrolysis) is 1. The summed E-state index contributed by atoms with van der Waals surface area (Å²) in [6, 6.07) is 4.32. The van der Waals surface area contributed by atoms with Gasteiger partial charge in [0.05, 0.1) is 18.8 Å². The van der Waals surface area contributed by atoms with Gasteiger partial charge in [0.15, 0.2) is 12.4 Å². The molecule has 1 rings (SSSR count). The standard InChI is InChI=1S/C19H26N2O7/c1-6-26-17(24)11-27-16-8-7-13(9-14(16)21-12(2)22)15(23)10-20-18(25)28-19(3,4)5/h7-9H,6,10-11H2,1-5H3,(H,20,25)(H,21,22). The summed E-state index contributed by atoms with van der Waals surface area (Å²) in [5, 5.41) is 4.92. The minimum Gasteiger partial charge on any atom is -0.480 e. The molecule has 0 radical (unpaired) electrons. The second kappa shape index (κ2) is 10.3. The van der Waals surface area contributed by atoms with Crippen molar-refractivity contribution in [2.75, 3.05) is 25.1 Å². The lowest BCUT2D eigenvalue weighted by molar-refractivity contribution is -0.145. The molecule has 2 amide bonds. The number of benzene rings is 1. The molecule has 9 heteroatoms. The monoisotopic (exact) mass is 394 g/mol. The molecule has 0 aliphatic heterocycles. The van der Waals surface area contributed by atoms with Crippen LogP contribution in [0.5, 0.6) is 5.75 Å². The third-order valence-corrected chi connectivity index (χ3v) is 3.06. The number of amides is 2. The minimum atomic E-state index is -0.711. The number of esters is 1. The van der Waals surface area contributed by atoms with E-state index < -0.39 is 23.4 Å². The second-order valence-electron chi connectivity index (χ2n) is 6.76. The highest BCUT2D eigenvalue weighted by Gasteiger charge is 2.18. The highest BCUT2D eigenvalue weighted by Crippen LogP contribution is 2.26. The fourth-order valence-electron chi connectivity index (χ4n) is 2.02. The Balaban J connectivity index is 2.84. The Hall–Kier alpha value is -3.10. The molecule has 0 bridgehead atoms. The number of hydrogen-bond acceptors (Lipinski definition) is 7. The summed E-state index contributed by atoms with van der Waals surface area (Å²) in [6.45, 7) is 7.71. The molecule has 0 aromatic heterocycles. The van der Waals surface area contributed by atoms with Gasteiger partial charge in [0.1, 0.15) is 11.4 Å². The van der Waals surface area contributed by atoms with Gasteiger partial charge in [-0.1, -0.05) is 0 Å². The summed E-state index contributed by atoms with van der Waals surface area (Å²) in [6.07, 6.45) is -0.711. The summed E-state index contributed by atoms with van der Waals surface area (Å²) in [4.78, 5) is 46.8. The summed E-state index contributed by atoms with van der Waals surface area (Å²) < 4.78 is 15.2. The molecule has 1 aromatic carbocycles. The Kier molecular flexibility index (Phi) is 8.43. The highest BCUT2D eigenvalue weighted by atomic mass is 16.6. The van der Waals surface area contributed by atoms with E-state index in [4.69, 9.17) is 14.2 Å². The van der Waals surface area contributed by atoms with Gasteiger partial charge in [-0.25, -0.2) is 9.59 Å². The normalized spacial score (nSPS) is 10.6. The first-order valence-corrected chi connectivity index (χ1v) is 8.72. The van der Waals surface area contributed by atoms with Crippen molar-refractivity contribution in [3.05, 3.63) is 23.8 Å². The molecule has 0 heterocycles. The third-order valence-electron chi connectivity index (χ3n) is 3.06. The molecule has 9 nitrogen and oxygen atoms in total. The molecule has 0 atom stereocenters. The molecular formula is C19H26N2O7. The van der Waals surface area contributed by atoms with Gasteiger partial charge >= 0.3 is 12.1 Å². The van der Waals surface area contributed by atoms with Crippen LogP contribution in [0.4, 0.5) is 10.5 Å². The second-order valence-corrected chi connectivity index (χ2v) is 6.76. The molecule has 0 fully saturated rings. The molecule has 0 aliphatic carbocycles. The minimum absolute atomic E-state index is 0.208. The van der Waals surface area contributed by atoms with Gasteiger partial charge in [-0.15, -0.1) is 0 Å². The fraction of sp³-hybridized carbons (Fsp3) is 0.474. The zero-order valence-electron chi connectivity index (χ0n) is 16.7. The predicted octanol–water partition coefficient (Wildman–Crippen LogP) is 2.29. The van der Waals surface area contributed by atoms with Crippen LogP contribution in [0.1, 0.15) is 45.0 Å². The smallest absolute Gasteiger partial charge is 0.408 e. The Bertz CT molecular complexity index is 738. The van der Waals surface area contributed by atoms with Gasteiger partial charge in [0.25, 0.3) is 0 Å². The van der Waals surface area contributed by atoms with Crippen LogP contribution < -0.4 is 15.4 Å². The molecule has 0 aliphatic rings. The summed E-state index contributed by atoms with van der Waals surface area (Å²) in [7, 11) is 0.